The molecule has 2 aromatic rings. The van der Waals surface area contributed by atoms with E-state index in [2.05, 4.69) is 10.5 Å². The van der Waals surface area contributed by atoms with Gasteiger partial charge in [0, 0.05) is 18.2 Å². The molecule has 1 unspecified atom stereocenters. The highest BCUT2D eigenvalue weighted by atomic mass is 19.1. The zero-order valence-electron chi connectivity index (χ0n) is 10.3. The molecule has 2 rings (SSSR count). The standard InChI is InChI=1S/C13H13FN2O3/c1-8-6-11(16-19-8)13(18)15-7-12(17)9-4-2-3-5-10(9)14/h2-6,12,17H,7H2,1H3,(H,15,18). The Morgan fingerprint density at radius 3 is 2.89 bits per heavy atom. The molecule has 1 heterocycles. The number of amides is 1. The van der Waals surface area contributed by atoms with Crippen molar-refractivity contribution in [3.05, 3.63) is 53.2 Å². The number of nitrogens with zero attached hydrogens (tertiary/aromatic N) is 1. The van der Waals surface area contributed by atoms with Gasteiger partial charge in [-0.05, 0) is 13.0 Å². The van der Waals surface area contributed by atoms with E-state index in [-0.39, 0.29) is 17.8 Å². The molecule has 0 saturated heterocycles. The number of aromatic nitrogens is 1. The van der Waals surface area contributed by atoms with Crippen LogP contribution >= 0.6 is 0 Å². The van der Waals surface area contributed by atoms with Crippen molar-refractivity contribution in [2.24, 2.45) is 0 Å². The average molecular weight is 264 g/mol. The molecular formula is C13H13FN2O3. The van der Waals surface area contributed by atoms with E-state index in [0.717, 1.165) is 0 Å². The van der Waals surface area contributed by atoms with Gasteiger partial charge in [0.2, 0.25) is 0 Å². The lowest BCUT2D eigenvalue weighted by Crippen LogP contribution is -2.28. The lowest BCUT2D eigenvalue weighted by atomic mass is 10.1. The van der Waals surface area contributed by atoms with Crippen molar-refractivity contribution in [2.45, 2.75) is 13.0 Å². The topological polar surface area (TPSA) is 75.4 Å². The van der Waals surface area contributed by atoms with E-state index in [0.29, 0.717) is 5.76 Å². The van der Waals surface area contributed by atoms with Gasteiger partial charge in [-0.15, -0.1) is 0 Å². The van der Waals surface area contributed by atoms with E-state index in [4.69, 9.17) is 4.52 Å². The monoisotopic (exact) mass is 264 g/mol. The summed E-state index contributed by atoms with van der Waals surface area (Å²) in [5, 5.41) is 15.8. The number of carbonyl (C=O) groups is 1. The number of hydrogen-bond acceptors (Lipinski definition) is 4. The number of benzene rings is 1. The molecule has 0 spiro atoms. The maximum atomic E-state index is 13.4. The number of hydrogen-bond donors (Lipinski definition) is 2. The van der Waals surface area contributed by atoms with Crippen molar-refractivity contribution in [1.82, 2.24) is 10.5 Å². The highest BCUT2D eigenvalue weighted by Gasteiger charge is 2.15. The van der Waals surface area contributed by atoms with E-state index in [1.54, 1.807) is 13.0 Å². The first-order valence-electron chi connectivity index (χ1n) is 5.72. The molecule has 0 radical (unpaired) electrons. The molecule has 100 valence electrons. The molecule has 1 aromatic heterocycles. The molecule has 0 aliphatic heterocycles. The van der Waals surface area contributed by atoms with Crippen molar-refractivity contribution < 1.29 is 18.8 Å². The summed E-state index contributed by atoms with van der Waals surface area (Å²) in [4.78, 5) is 11.6. The van der Waals surface area contributed by atoms with Crippen LogP contribution in [0.25, 0.3) is 0 Å². The fourth-order valence-electron chi connectivity index (χ4n) is 1.61. The Hall–Kier alpha value is -2.21. The zero-order chi connectivity index (χ0) is 13.8. The lowest BCUT2D eigenvalue weighted by Gasteiger charge is -2.12. The third kappa shape index (κ3) is 3.17. The Bertz CT molecular complexity index is 583. The predicted molar refractivity (Wildman–Crippen MR) is 64.9 cm³/mol. The van der Waals surface area contributed by atoms with Crippen LogP contribution in [0.5, 0.6) is 0 Å². The lowest BCUT2D eigenvalue weighted by molar-refractivity contribution is 0.0905. The number of aliphatic hydroxyl groups is 1. The molecular weight excluding hydrogens is 251 g/mol. The quantitative estimate of drug-likeness (QED) is 0.879. The van der Waals surface area contributed by atoms with Gasteiger partial charge in [-0.1, -0.05) is 23.4 Å². The zero-order valence-corrected chi connectivity index (χ0v) is 10.3. The molecule has 19 heavy (non-hydrogen) atoms. The fraction of sp³-hybridized carbons (Fsp3) is 0.231. The van der Waals surface area contributed by atoms with E-state index in [1.165, 1.54) is 24.3 Å². The maximum Gasteiger partial charge on any atom is 0.273 e. The SMILES string of the molecule is Cc1cc(C(=O)NCC(O)c2ccccc2F)no1. The molecule has 1 aromatic carbocycles. The van der Waals surface area contributed by atoms with E-state index < -0.39 is 17.8 Å². The fourth-order valence-corrected chi connectivity index (χ4v) is 1.61. The first-order chi connectivity index (χ1) is 9.08. The molecule has 0 aliphatic rings. The van der Waals surface area contributed by atoms with Crippen molar-refractivity contribution >= 4 is 5.91 Å². The van der Waals surface area contributed by atoms with Crippen LogP contribution < -0.4 is 5.32 Å². The van der Waals surface area contributed by atoms with Crippen LogP contribution in [0.15, 0.2) is 34.9 Å². The summed E-state index contributed by atoms with van der Waals surface area (Å²) >= 11 is 0. The third-order valence-electron chi connectivity index (χ3n) is 2.58. The van der Waals surface area contributed by atoms with Crippen molar-refractivity contribution in [3.63, 3.8) is 0 Å². The first-order valence-corrected chi connectivity index (χ1v) is 5.72. The van der Waals surface area contributed by atoms with Crippen LogP contribution in [0.4, 0.5) is 4.39 Å². The highest BCUT2D eigenvalue weighted by molar-refractivity contribution is 5.92. The van der Waals surface area contributed by atoms with Gasteiger partial charge in [-0.2, -0.15) is 0 Å². The van der Waals surface area contributed by atoms with Crippen molar-refractivity contribution in [1.29, 1.82) is 0 Å². The molecule has 0 fully saturated rings. The van der Waals surface area contributed by atoms with Gasteiger partial charge in [0.25, 0.3) is 5.91 Å². The summed E-state index contributed by atoms with van der Waals surface area (Å²) in [7, 11) is 0. The summed E-state index contributed by atoms with van der Waals surface area (Å²) in [5.74, 6) is -0.478. The second-order valence-corrected chi connectivity index (χ2v) is 4.07. The van der Waals surface area contributed by atoms with Gasteiger partial charge in [-0.25, -0.2) is 4.39 Å². The average Bonchev–Trinajstić information content (AvgIpc) is 2.83. The van der Waals surface area contributed by atoms with E-state index >= 15 is 0 Å². The molecule has 0 bridgehead atoms. The number of nitrogens with one attached hydrogen (secondary N) is 1. The minimum absolute atomic E-state index is 0.105. The largest absolute Gasteiger partial charge is 0.386 e. The van der Waals surface area contributed by atoms with Crippen LogP contribution in [0, 0.1) is 12.7 Å². The Kier molecular flexibility index (Phi) is 3.91. The highest BCUT2D eigenvalue weighted by Crippen LogP contribution is 2.15. The van der Waals surface area contributed by atoms with Gasteiger partial charge in [0.05, 0.1) is 6.10 Å². The van der Waals surface area contributed by atoms with Crippen LogP contribution in [-0.4, -0.2) is 22.7 Å². The van der Waals surface area contributed by atoms with Gasteiger partial charge in [0.1, 0.15) is 11.6 Å². The first kappa shape index (κ1) is 13.2. The van der Waals surface area contributed by atoms with Crippen LogP contribution in [-0.2, 0) is 0 Å². The summed E-state index contributed by atoms with van der Waals surface area (Å²) in [5.41, 5.74) is 0.261. The predicted octanol–water partition coefficient (Wildman–Crippen LogP) is 1.59. The molecule has 2 N–H and O–H groups in total. The number of aliphatic hydroxyl groups excluding tert-OH is 1. The summed E-state index contributed by atoms with van der Waals surface area (Å²) in [6.07, 6.45) is -1.11. The molecule has 5 nitrogen and oxygen atoms in total. The molecule has 1 atom stereocenters. The Morgan fingerprint density at radius 1 is 1.53 bits per heavy atom. The third-order valence-corrected chi connectivity index (χ3v) is 2.58. The number of rotatable bonds is 4. The van der Waals surface area contributed by atoms with Gasteiger partial charge < -0.3 is 14.9 Å². The maximum absolute atomic E-state index is 13.4. The normalized spacial score (nSPS) is 12.2. The minimum atomic E-state index is -1.11. The Morgan fingerprint density at radius 2 is 2.26 bits per heavy atom. The summed E-state index contributed by atoms with van der Waals surface area (Å²) in [6.45, 7) is 1.56. The number of halogens is 1. The second-order valence-electron chi connectivity index (χ2n) is 4.07. The Balaban J connectivity index is 1.96. The van der Waals surface area contributed by atoms with Gasteiger partial charge >= 0.3 is 0 Å². The summed E-state index contributed by atoms with van der Waals surface area (Å²) < 4.78 is 18.2. The molecule has 0 saturated carbocycles. The van der Waals surface area contributed by atoms with Crippen LogP contribution in [0.2, 0.25) is 0 Å². The molecule has 6 heteroatoms. The number of aryl methyl sites for hydroxylation is 1. The second kappa shape index (κ2) is 5.62. The Labute approximate surface area is 109 Å². The van der Waals surface area contributed by atoms with Crippen LogP contribution in [0.3, 0.4) is 0 Å². The van der Waals surface area contributed by atoms with Crippen molar-refractivity contribution in [2.75, 3.05) is 6.54 Å². The van der Waals surface area contributed by atoms with Gasteiger partial charge in [0.15, 0.2) is 5.69 Å². The van der Waals surface area contributed by atoms with Crippen LogP contribution in [0.1, 0.15) is 27.9 Å². The minimum Gasteiger partial charge on any atom is -0.386 e. The smallest absolute Gasteiger partial charge is 0.273 e. The van der Waals surface area contributed by atoms with Gasteiger partial charge in [-0.3, -0.25) is 4.79 Å². The molecule has 1 amide bonds. The van der Waals surface area contributed by atoms with E-state index in [9.17, 15) is 14.3 Å². The summed E-state index contributed by atoms with van der Waals surface area (Å²) in [6, 6.07) is 7.34. The van der Waals surface area contributed by atoms with Crippen molar-refractivity contribution in [3.8, 4) is 0 Å². The molecule has 0 aliphatic carbocycles. The van der Waals surface area contributed by atoms with E-state index in [1.807, 2.05) is 0 Å². The number of carbonyl (C=O) groups excluding carboxylic acids is 1.